The van der Waals surface area contributed by atoms with Gasteiger partial charge >= 0.3 is 0 Å². The highest BCUT2D eigenvalue weighted by Crippen LogP contribution is 2.65. The van der Waals surface area contributed by atoms with E-state index in [-0.39, 0.29) is 35.8 Å². The highest BCUT2D eigenvalue weighted by molar-refractivity contribution is 6.21. The Morgan fingerprint density at radius 1 is 1.08 bits per heavy atom. The monoisotopic (exact) mass is 487 g/mol. The van der Waals surface area contributed by atoms with Crippen LogP contribution in [0.2, 0.25) is 0 Å². The van der Waals surface area contributed by atoms with Crippen molar-refractivity contribution in [1.82, 2.24) is 10.2 Å². The number of nitrogens with zero attached hydrogens (tertiary/aromatic N) is 1. The van der Waals surface area contributed by atoms with Crippen LogP contribution in [0.5, 0.6) is 11.5 Å². The number of nitrogens with one attached hydrogen (secondary N) is 2. The van der Waals surface area contributed by atoms with E-state index in [1.54, 1.807) is 18.2 Å². The third-order valence-corrected chi connectivity index (χ3v) is 9.85. The second-order valence-electron chi connectivity index (χ2n) is 11.6. The average Bonchev–Trinajstić information content (AvgIpc) is 3.53. The topological polar surface area (TPSA) is 111 Å². The summed E-state index contributed by atoms with van der Waals surface area (Å²) in [6.07, 6.45) is 5.09. The van der Waals surface area contributed by atoms with Crippen molar-refractivity contribution in [3.05, 3.63) is 52.6 Å². The maximum absolute atomic E-state index is 12.6. The summed E-state index contributed by atoms with van der Waals surface area (Å²) in [5.74, 6) is 0.652. The molecule has 8 heteroatoms. The van der Waals surface area contributed by atoms with Crippen molar-refractivity contribution in [1.29, 1.82) is 0 Å². The van der Waals surface area contributed by atoms with Crippen LogP contribution in [0.25, 0.3) is 0 Å². The zero-order valence-electron chi connectivity index (χ0n) is 19.9. The van der Waals surface area contributed by atoms with Crippen LogP contribution in [0, 0.1) is 5.92 Å². The Bertz CT molecular complexity index is 1350. The highest BCUT2D eigenvalue weighted by atomic mass is 16.5. The van der Waals surface area contributed by atoms with E-state index in [1.165, 1.54) is 18.4 Å². The van der Waals surface area contributed by atoms with Gasteiger partial charge < -0.3 is 20.3 Å². The van der Waals surface area contributed by atoms with Crippen LogP contribution in [0.1, 0.15) is 63.9 Å². The molecule has 5 atom stereocenters. The van der Waals surface area contributed by atoms with Gasteiger partial charge in [0, 0.05) is 23.8 Å². The molecule has 186 valence electrons. The van der Waals surface area contributed by atoms with Crippen LogP contribution >= 0.6 is 0 Å². The molecule has 2 saturated carbocycles. The predicted molar refractivity (Wildman–Crippen MR) is 130 cm³/mol. The molecule has 2 bridgehead atoms. The van der Waals surface area contributed by atoms with Crippen LogP contribution in [-0.4, -0.2) is 63.8 Å². The normalized spacial score (nSPS) is 35.6. The summed E-state index contributed by atoms with van der Waals surface area (Å²) >= 11 is 0. The molecule has 2 aromatic carbocycles. The van der Waals surface area contributed by atoms with Crippen molar-refractivity contribution in [2.45, 2.75) is 67.7 Å². The fourth-order valence-electron chi connectivity index (χ4n) is 8.10. The Kier molecular flexibility index (Phi) is 3.98. The first-order chi connectivity index (χ1) is 17.4. The summed E-state index contributed by atoms with van der Waals surface area (Å²) in [6.45, 7) is 1.96. The van der Waals surface area contributed by atoms with E-state index in [1.807, 2.05) is 12.1 Å². The molecule has 1 saturated heterocycles. The third-order valence-electron chi connectivity index (χ3n) is 9.85. The van der Waals surface area contributed by atoms with Crippen LogP contribution < -0.4 is 15.4 Å². The van der Waals surface area contributed by atoms with E-state index in [9.17, 15) is 19.8 Å². The van der Waals surface area contributed by atoms with Crippen LogP contribution in [0.15, 0.2) is 30.3 Å². The summed E-state index contributed by atoms with van der Waals surface area (Å²) in [6, 6.07) is 8.88. The Balaban J connectivity index is 1.20. The van der Waals surface area contributed by atoms with Gasteiger partial charge in [-0.3, -0.25) is 19.8 Å². The second-order valence-corrected chi connectivity index (χ2v) is 11.6. The molecule has 2 amide bonds. The smallest absolute Gasteiger partial charge is 0.259 e. The fourth-order valence-corrected chi connectivity index (χ4v) is 8.10. The number of imide groups is 1. The summed E-state index contributed by atoms with van der Waals surface area (Å²) in [5.41, 5.74) is 2.15. The number of anilines is 1. The van der Waals surface area contributed by atoms with Crippen molar-refractivity contribution < 1.29 is 24.5 Å². The molecule has 3 aliphatic heterocycles. The molecule has 3 heterocycles. The lowest BCUT2D eigenvalue weighted by Crippen LogP contribution is -2.77. The number of fused-ring (bicyclic) bond motifs is 1. The lowest BCUT2D eigenvalue weighted by Gasteiger charge is -2.64. The zero-order chi connectivity index (χ0) is 24.4. The van der Waals surface area contributed by atoms with E-state index >= 15 is 0 Å². The number of piperidine rings is 1. The molecule has 0 radical (unpaired) electrons. The molecule has 3 aliphatic carbocycles. The molecular formula is C28H29N3O5. The number of aliphatic hydroxyl groups is 1. The van der Waals surface area contributed by atoms with Gasteiger partial charge in [-0.15, -0.1) is 0 Å². The lowest BCUT2D eigenvalue weighted by molar-refractivity contribution is -0.187. The molecule has 3 fully saturated rings. The molecule has 4 N–H and O–H groups in total. The summed E-state index contributed by atoms with van der Waals surface area (Å²) < 4.78 is 6.59. The Morgan fingerprint density at radius 2 is 1.92 bits per heavy atom. The second kappa shape index (κ2) is 6.81. The van der Waals surface area contributed by atoms with Gasteiger partial charge in [-0.2, -0.15) is 0 Å². The number of carbonyl (C=O) groups is 2. The molecule has 36 heavy (non-hydrogen) atoms. The number of likely N-dealkylation sites (tertiary alicyclic amines) is 1. The standard InChI is InChI=1S/C28H29N3O5/c32-20-6-3-15-11-21-28(35)8-7-19(29-16-4-5-17-18(12-16)26(34)30-25(17)33)24-27(28,22(15)23(20)36-24)9-10-31(21)13-14-1-2-14/h3-6,12,14,19,21,24,29,32,35H,1-2,7-11,13H2,(H,30,33,34)/t19-,21-,24+,27+,28?/m1/s1. The first-order valence-corrected chi connectivity index (χ1v) is 13.1. The summed E-state index contributed by atoms with van der Waals surface area (Å²) in [4.78, 5) is 26.7. The number of ether oxygens (including phenoxy) is 1. The summed E-state index contributed by atoms with van der Waals surface area (Å²) in [7, 11) is 0. The molecule has 1 unspecified atom stereocenters. The minimum absolute atomic E-state index is 0.0385. The van der Waals surface area contributed by atoms with Crippen molar-refractivity contribution in [3.8, 4) is 11.5 Å². The number of phenolic OH excluding ortho intramolecular Hbond substituents is 1. The lowest BCUT2D eigenvalue weighted by atomic mass is 9.48. The van der Waals surface area contributed by atoms with Crippen LogP contribution in [0.3, 0.4) is 0 Å². The quantitative estimate of drug-likeness (QED) is 0.490. The van der Waals surface area contributed by atoms with Crippen LogP contribution in [0.4, 0.5) is 5.69 Å². The largest absolute Gasteiger partial charge is 0.504 e. The van der Waals surface area contributed by atoms with Crippen molar-refractivity contribution in [2.24, 2.45) is 5.92 Å². The zero-order valence-corrected chi connectivity index (χ0v) is 19.9. The number of carbonyl (C=O) groups excluding carboxylic acids is 2. The van der Waals surface area contributed by atoms with Gasteiger partial charge in [-0.05, 0) is 80.8 Å². The van der Waals surface area contributed by atoms with Gasteiger partial charge in [0.1, 0.15) is 6.10 Å². The van der Waals surface area contributed by atoms with Gasteiger partial charge in [-0.1, -0.05) is 6.07 Å². The van der Waals surface area contributed by atoms with Crippen molar-refractivity contribution >= 4 is 17.5 Å². The van der Waals surface area contributed by atoms with Gasteiger partial charge in [0.15, 0.2) is 11.5 Å². The van der Waals surface area contributed by atoms with E-state index < -0.39 is 11.0 Å². The fraction of sp³-hybridized carbons (Fsp3) is 0.500. The van der Waals surface area contributed by atoms with Gasteiger partial charge in [0.2, 0.25) is 0 Å². The van der Waals surface area contributed by atoms with E-state index in [4.69, 9.17) is 4.74 Å². The number of rotatable bonds is 4. The van der Waals surface area contributed by atoms with Gasteiger partial charge in [0.05, 0.1) is 28.2 Å². The minimum atomic E-state index is -0.931. The minimum Gasteiger partial charge on any atom is -0.504 e. The van der Waals surface area contributed by atoms with Crippen molar-refractivity contribution in [3.63, 3.8) is 0 Å². The molecule has 2 aromatic rings. The maximum Gasteiger partial charge on any atom is 0.259 e. The number of hydrogen-bond donors (Lipinski definition) is 4. The predicted octanol–water partition coefficient (Wildman–Crippen LogP) is 2.32. The Morgan fingerprint density at radius 3 is 2.75 bits per heavy atom. The Labute approximate surface area is 208 Å². The summed E-state index contributed by atoms with van der Waals surface area (Å²) in [5, 5.41) is 29.3. The number of benzene rings is 2. The molecule has 1 spiro atoms. The Hall–Kier alpha value is -3.10. The number of phenols is 1. The molecular weight excluding hydrogens is 458 g/mol. The number of amides is 2. The van der Waals surface area contributed by atoms with Crippen molar-refractivity contribution in [2.75, 3.05) is 18.4 Å². The molecule has 0 aromatic heterocycles. The molecule has 8 nitrogen and oxygen atoms in total. The number of hydrogen-bond acceptors (Lipinski definition) is 7. The average molecular weight is 488 g/mol. The molecule has 8 rings (SSSR count). The first kappa shape index (κ1) is 21.0. The van der Waals surface area contributed by atoms with Gasteiger partial charge in [0.25, 0.3) is 11.8 Å². The first-order valence-electron chi connectivity index (χ1n) is 13.1. The van der Waals surface area contributed by atoms with Crippen LogP contribution in [-0.2, 0) is 11.8 Å². The van der Waals surface area contributed by atoms with E-state index in [2.05, 4.69) is 15.5 Å². The number of aromatic hydroxyl groups is 1. The molecule has 6 aliphatic rings. The van der Waals surface area contributed by atoms with E-state index in [0.717, 1.165) is 43.1 Å². The maximum atomic E-state index is 12.6. The highest BCUT2D eigenvalue weighted by Gasteiger charge is 2.73. The van der Waals surface area contributed by atoms with E-state index in [0.29, 0.717) is 29.7 Å². The SMILES string of the molecule is O=C1NC(=O)c2cc(N[C@@H]3CCC4(O)[C@H]5Cc6ccc(O)c7c6[C@@]4(CCN5CC4CC4)[C@H]3O7)ccc21. The van der Waals surface area contributed by atoms with Gasteiger partial charge in [-0.25, -0.2) is 0 Å². The third kappa shape index (κ3) is 2.51.